The van der Waals surface area contributed by atoms with Crippen LogP contribution < -0.4 is 0 Å². The third kappa shape index (κ3) is 4.58. The van der Waals surface area contributed by atoms with Gasteiger partial charge in [-0.05, 0) is 191 Å². The second-order valence-corrected chi connectivity index (χ2v) is 17.7. The molecule has 0 atom stereocenters. The normalized spacial score (nSPS) is 12.6. The summed E-state index contributed by atoms with van der Waals surface area (Å²) in [5.74, 6) is 0. The number of hydrogen-bond acceptors (Lipinski definition) is 0. The summed E-state index contributed by atoms with van der Waals surface area (Å²) in [6.07, 6.45) is 0. The van der Waals surface area contributed by atoms with Crippen molar-refractivity contribution in [1.29, 1.82) is 0 Å². The van der Waals surface area contributed by atoms with Gasteiger partial charge in [0.25, 0.3) is 0 Å². The van der Waals surface area contributed by atoms with Gasteiger partial charge in [-0.3, -0.25) is 0 Å². The van der Waals surface area contributed by atoms with Gasteiger partial charge in [0.05, 0.1) is 0 Å². The second-order valence-electron chi connectivity index (χ2n) is 17.7. The molecule has 0 aromatic heterocycles. The summed E-state index contributed by atoms with van der Waals surface area (Å²) in [5, 5.41) is 21.4. The Kier molecular flexibility index (Phi) is 6.84. The molecule has 0 N–H and O–H groups in total. The first-order valence-electron chi connectivity index (χ1n) is 20.7. The topological polar surface area (TPSA) is 0 Å². The fourth-order valence-electron chi connectivity index (χ4n) is 10.8. The van der Waals surface area contributed by atoms with E-state index in [0.717, 1.165) is 0 Å². The quantitative estimate of drug-likeness (QED) is 0.158. The van der Waals surface area contributed by atoms with E-state index in [0.29, 0.717) is 0 Å². The number of fused-ring (bicyclic) bond motifs is 5. The smallest absolute Gasteiger partial charge is 0.00107 e. The zero-order valence-corrected chi connectivity index (χ0v) is 33.6. The monoisotopic (exact) mass is 738 g/mol. The van der Waals surface area contributed by atoms with Crippen LogP contribution in [-0.4, -0.2) is 0 Å². The van der Waals surface area contributed by atoms with E-state index >= 15 is 0 Å². The van der Waals surface area contributed by atoms with Crippen molar-refractivity contribution in [1.82, 2.24) is 0 Å². The molecule has 0 unspecified atom stereocenters. The summed E-state index contributed by atoms with van der Waals surface area (Å²) in [7, 11) is 0. The Morgan fingerprint density at radius 1 is 0.328 bits per heavy atom. The molecule has 12 rings (SSSR count). The SMILES string of the molecule is Cc1cccc(C)c1-c1ccc2c(-c3ccccc3)c3cc4c(cc3cc2c1)=c1ccc2c3c(c(C(C)(C)C)cc=4c13)=c1cc3ccccc3c(-c3ccccc3)c1=2. The van der Waals surface area contributed by atoms with Gasteiger partial charge < -0.3 is 0 Å². The van der Waals surface area contributed by atoms with Crippen LogP contribution in [0, 0.1) is 55.6 Å². The molecule has 0 aliphatic heterocycles. The lowest BCUT2D eigenvalue weighted by molar-refractivity contribution is 0.587. The molecule has 0 spiro atoms. The summed E-state index contributed by atoms with van der Waals surface area (Å²) < 4.78 is 0. The summed E-state index contributed by atoms with van der Waals surface area (Å²) in [5.41, 5.74) is 11.7. The molecule has 0 fully saturated rings. The first kappa shape index (κ1) is 33.4. The maximum absolute atomic E-state index is 2.56. The van der Waals surface area contributed by atoms with Gasteiger partial charge in [-0.1, -0.05) is 148 Å². The van der Waals surface area contributed by atoms with Crippen molar-refractivity contribution in [3.63, 3.8) is 0 Å². The predicted octanol–water partition coefficient (Wildman–Crippen LogP) is 15.0. The Hall–Kier alpha value is -6.76. The van der Waals surface area contributed by atoms with Gasteiger partial charge in [0.2, 0.25) is 0 Å². The summed E-state index contributed by atoms with van der Waals surface area (Å²) in [6, 6.07) is 62.2. The number of rotatable bonds is 3. The van der Waals surface area contributed by atoms with Crippen LogP contribution in [0.3, 0.4) is 0 Å². The lowest BCUT2D eigenvalue weighted by atomic mass is 9.83. The molecular weight excluding hydrogens is 697 g/mol. The molecule has 0 saturated heterocycles. The Morgan fingerprint density at radius 2 is 0.948 bits per heavy atom. The molecule has 0 nitrogen and oxygen atoms in total. The molecule has 274 valence electrons. The van der Waals surface area contributed by atoms with Gasteiger partial charge >= 0.3 is 0 Å². The van der Waals surface area contributed by atoms with Gasteiger partial charge in [0.1, 0.15) is 0 Å². The first-order valence-corrected chi connectivity index (χ1v) is 20.7. The average molecular weight is 739 g/mol. The van der Waals surface area contributed by atoms with Crippen LogP contribution in [0.1, 0.15) is 37.5 Å². The summed E-state index contributed by atoms with van der Waals surface area (Å²) >= 11 is 0. The van der Waals surface area contributed by atoms with Gasteiger partial charge in [0.15, 0.2) is 0 Å². The second kappa shape index (κ2) is 11.9. The Bertz CT molecular complexity index is 3850. The van der Waals surface area contributed by atoms with Crippen molar-refractivity contribution < 1.29 is 0 Å². The Balaban J connectivity index is 1.29. The molecule has 0 amide bonds. The minimum atomic E-state index is -0.0777. The highest BCUT2D eigenvalue weighted by Crippen LogP contribution is 2.43. The fraction of sp³-hybridized carbons (Fsp3) is 0.103. The molecule has 10 aromatic carbocycles. The third-order valence-corrected chi connectivity index (χ3v) is 13.2. The van der Waals surface area contributed by atoms with E-state index in [4.69, 9.17) is 0 Å². The Labute approximate surface area is 337 Å². The largest absolute Gasteiger partial charge is 0.0622 e. The standard InChI is InChI=1S/C58H42/c1-33-15-14-16-34(2)51(33)38-23-24-42-39(27-38)28-40-30-46-43-25-26-44-55-49(29-37-21-12-13-22-41(37)53(55)36-19-10-7-11-20-36)56-50(58(3,4)5)32-48(54(43)57(44)56)47(46)31-45(40)52(42)35-17-8-6-9-18-35/h6-32H,1-5H3. The van der Waals surface area contributed by atoms with Gasteiger partial charge in [-0.2, -0.15) is 0 Å². The van der Waals surface area contributed by atoms with E-state index in [1.165, 1.54) is 135 Å². The van der Waals surface area contributed by atoms with E-state index in [9.17, 15) is 0 Å². The van der Waals surface area contributed by atoms with Crippen LogP contribution in [0.4, 0.5) is 0 Å². The maximum atomic E-state index is 2.56. The maximum Gasteiger partial charge on any atom is -0.00107 e. The minimum absolute atomic E-state index is 0.0777. The molecular formula is C58H42. The minimum Gasteiger partial charge on any atom is -0.0622 e. The van der Waals surface area contributed by atoms with Crippen molar-refractivity contribution >= 4 is 43.1 Å². The molecule has 2 aliphatic carbocycles. The number of aryl methyl sites for hydroxylation is 2. The molecule has 10 aromatic rings. The molecule has 0 radical (unpaired) electrons. The van der Waals surface area contributed by atoms with Crippen molar-refractivity contribution in [2.24, 2.45) is 0 Å². The van der Waals surface area contributed by atoms with Gasteiger partial charge in [0, 0.05) is 0 Å². The highest BCUT2D eigenvalue weighted by molar-refractivity contribution is 6.13. The molecule has 0 saturated carbocycles. The van der Waals surface area contributed by atoms with Crippen molar-refractivity contribution in [2.45, 2.75) is 40.0 Å². The average Bonchev–Trinajstić information content (AvgIpc) is 3.72. The molecule has 58 heavy (non-hydrogen) atoms. The van der Waals surface area contributed by atoms with Crippen molar-refractivity contribution in [2.75, 3.05) is 0 Å². The molecule has 2 aliphatic rings. The third-order valence-electron chi connectivity index (χ3n) is 13.2. The number of hydrogen-bond donors (Lipinski definition) is 0. The van der Waals surface area contributed by atoms with E-state index in [1.54, 1.807) is 0 Å². The van der Waals surface area contributed by atoms with Crippen LogP contribution in [0.15, 0.2) is 164 Å². The Morgan fingerprint density at radius 3 is 1.69 bits per heavy atom. The lowest BCUT2D eigenvalue weighted by Crippen LogP contribution is -2.12. The van der Waals surface area contributed by atoms with E-state index < -0.39 is 0 Å². The summed E-state index contributed by atoms with van der Waals surface area (Å²) in [6.45, 7) is 11.6. The van der Waals surface area contributed by atoms with Crippen LogP contribution >= 0.6 is 0 Å². The van der Waals surface area contributed by atoms with Crippen LogP contribution in [0.2, 0.25) is 0 Å². The van der Waals surface area contributed by atoms with Crippen LogP contribution in [0.5, 0.6) is 0 Å². The van der Waals surface area contributed by atoms with Crippen LogP contribution in [-0.2, 0) is 5.41 Å². The zero-order valence-electron chi connectivity index (χ0n) is 33.6. The van der Waals surface area contributed by atoms with Crippen LogP contribution in [0.25, 0.3) is 76.5 Å². The van der Waals surface area contributed by atoms with E-state index in [2.05, 4.69) is 198 Å². The van der Waals surface area contributed by atoms with Gasteiger partial charge in [-0.15, -0.1) is 0 Å². The molecule has 0 bridgehead atoms. The van der Waals surface area contributed by atoms with Gasteiger partial charge in [-0.25, -0.2) is 0 Å². The highest BCUT2D eigenvalue weighted by atomic mass is 14.3. The highest BCUT2D eigenvalue weighted by Gasteiger charge is 2.25. The van der Waals surface area contributed by atoms with E-state index in [-0.39, 0.29) is 5.41 Å². The van der Waals surface area contributed by atoms with Crippen molar-refractivity contribution in [3.05, 3.63) is 222 Å². The van der Waals surface area contributed by atoms with E-state index in [1.807, 2.05) is 0 Å². The molecule has 0 heterocycles. The zero-order chi connectivity index (χ0) is 39.0. The van der Waals surface area contributed by atoms with Crippen molar-refractivity contribution in [3.8, 4) is 33.4 Å². The first-order chi connectivity index (χ1) is 28.2. The summed E-state index contributed by atoms with van der Waals surface area (Å²) in [4.78, 5) is 0. The number of benzene rings is 10. The fourth-order valence-corrected chi connectivity index (χ4v) is 10.8. The predicted molar refractivity (Wildman–Crippen MR) is 245 cm³/mol. The molecule has 0 heteroatoms. The lowest BCUT2D eigenvalue weighted by Gasteiger charge is -2.21.